The minimum atomic E-state index is 0.00810. The number of nitrogens with zero attached hydrogens (tertiary/aromatic N) is 2. The minimum Gasteiger partial charge on any atom is -0.348 e. The van der Waals surface area contributed by atoms with Gasteiger partial charge in [-0.3, -0.25) is 9.20 Å². The van der Waals surface area contributed by atoms with Crippen LogP contribution in [0.25, 0.3) is 5.65 Å². The maximum Gasteiger partial charge on any atom is 0.270 e. The molecule has 1 aliphatic rings. The first kappa shape index (κ1) is 15.5. The first-order chi connectivity index (χ1) is 10.6. The quantitative estimate of drug-likeness (QED) is 0.894. The van der Waals surface area contributed by atoms with E-state index in [9.17, 15) is 4.79 Å². The lowest BCUT2D eigenvalue weighted by Gasteiger charge is -2.22. The summed E-state index contributed by atoms with van der Waals surface area (Å²) in [4.78, 5) is 17.5. The zero-order valence-electron chi connectivity index (χ0n) is 13.2. The molecule has 2 aromatic heterocycles. The average Bonchev–Trinajstić information content (AvgIpc) is 2.87. The first-order valence-corrected chi connectivity index (χ1v) is 8.87. The van der Waals surface area contributed by atoms with Gasteiger partial charge in [-0.1, -0.05) is 26.2 Å². The fourth-order valence-electron chi connectivity index (χ4n) is 3.30. The summed E-state index contributed by atoms with van der Waals surface area (Å²) in [6.45, 7) is 4.07. The molecular weight excluding hydrogens is 342 g/mol. The Morgan fingerprint density at radius 1 is 1.41 bits per heavy atom. The van der Waals surface area contributed by atoms with Crippen molar-refractivity contribution in [2.75, 3.05) is 0 Å². The number of fused-ring (bicyclic) bond motifs is 1. The van der Waals surface area contributed by atoms with Gasteiger partial charge in [0.25, 0.3) is 5.91 Å². The molecule has 2 aromatic rings. The molecule has 0 spiro atoms. The van der Waals surface area contributed by atoms with Gasteiger partial charge in [0.1, 0.15) is 11.3 Å². The Hall–Kier alpha value is -1.36. The fraction of sp³-hybridized carbons (Fsp3) is 0.529. The number of carbonyl (C=O) groups excluding carboxylic acids is 1. The van der Waals surface area contributed by atoms with Crippen molar-refractivity contribution in [3.05, 3.63) is 33.7 Å². The lowest BCUT2D eigenvalue weighted by Crippen LogP contribution is -2.37. The van der Waals surface area contributed by atoms with E-state index < -0.39 is 0 Å². The molecular formula is C17H22BrN3O. The number of nitrogens with one attached hydrogen (secondary N) is 1. The van der Waals surface area contributed by atoms with Crippen LogP contribution in [0.2, 0.25) is 0 Å². The summed E-state index contributed by atoms with van der Waals surface area (Å²) >= 11 is 3.52. The number of imidazole rings is 1. The first-order valence-electron chi connectivity index (χ1n) is 8.08. The zero-order valence-corrected chi connectivity index (χ0v) is 14.7. The molecule has 1 aliphatic carbocycles. The number of rotatable bonds is 3. The van der Waals surface area contributed by atoms with E-state index >= 15 is 0 Å². The highest BCUT2D eigenvalue weighted by Crippen LogP contribution is 2.22. The molecule has 1 N–H and O–H groups in total. The van der Waals surface area contributed by atoms with E-state index in [0.717, 1.165) is 40.6 Å². The number of aryl methyl sites for hydroxylation is 2. The largest absolute Gasteiger partial charge is 0.348 e. The van der Waals surface area contributed by atoms with E-state index in [4.69, 9.17) is 0 Å². The molecule has 0 bridgehead atoms. The van der Waals surface area contributed by atoms with E-state index in [1.807, 2.05) is 30.5 Å². The third kappa shape index (κ3) is 2.91. The summed E-state index contributed by atoms with van der Waals surface area (Å²) in [6.07, 6.45) is 8.58. The summed E-state index contributed by atoms with van der Waals surface area (Å²) in [5.41, 5.74) is 3.50. The summed E-state index contributed by atoms with van der Waals surface area (Å²) in [5.74, 6) is 0.00810. The molecule has 0 saturated heterocycles. The van der Waals surface area contributed by atoms with Crippen molar-refractivity contribution in [2.24, 2.45) is 0 Å². The van der Waals surface area contributed by atoms with Crippen LogP contribution in [0.5, 0.6) is 0 Å². The van der Waals surface area contributed by atoms with Crippen LogP contribution in [0.15, 0.2) is 16.7 Å². The van der Waals surface area contributed by atoms with Gasteiger partial charge < -0.3 is 5.32 Å². The Kier molecular flexibility index (Phi) is 4.52. The number of aromatic nitrogens is 2. The van der Waals surface area contributed by atoms with Crippen molar-refractivity contribution < 1.29 is 4.79 Å². The Balaban J connectivity index is 1.99. The number of pyridine rings is 1. The van der Waals surface area contributed by atoms with Gasteiger partial charge in [0.15, 0.2) is 0 Å². The van der Waals surface area contributed by atoms with Crippen molar-refractivity contribution in [1.29, 1.82) is 0 Å². The molecule has 0 aromatic carbocycles. The molecule has 0 unspecified atom stereocenters. The molecule has 4 nitrogen and oxygen atoms in total. The molecule has 0 radical (unpaired) electrons. The van der Waals surface area contributed by atoms with E-state index in [2.05, 4.69) is 26.2 Å². The summed E-state index contributed by atoms with van der Waals surface area (Å²) in [6, 6.07) is 2.34. The van der Waals surface area contributed by atoms with E-state index in [0.29, 0.717) is 11.7 Å². The van der Waals surface area contributed by atoms with Crippen LogP contribution in [0.1, 0.15) is 60.8 Å². The number of halogens is 1. The number of carbonyl (C=O) groups is 1. The SMILES string of the molecule is CCc1nc2c(C)cc(Br)cn2c1C(=O)NC1CCCCC1. The Bertz CT molecular complexity index is 701. The van der Waals surface area contributed by atoms with Crippen LogP contribution < -0.4 is 5.32 Å². The van der Waals surface area contributed by atoms with E-state index in [1.165, 1.54) is 19.3 Å². The highest BCUT2D eigenvalue weighted by atomic mass is 79.9. The molecule has 1 fully saturated rings. The van der Waals surface area contributed by atoms with Gasteiger partial charge in [0.05, 0.1) is 5.69 Å². The predicted molar refractivity (Wildman–Crippen MR) is 91.3 cm³/mol. The van der Waals surface area contributed by atoms with E-state index in [1.54, 1.807) is 0 Å². The van der Waals surface area contributed by atoms with Gasteiger partial charge >= 0.3 is 0 Å². The third-order valence-electron chi connectivity index (χ3n) is 4.43. The van der Waals surface area contributed by atoms with Crippen molar-refractivity contribution in [3.8, 4) is 0 Å². The Morgan fingerprint density at radius 2 is 2.14 bits per heavy atom. The molecule has 0 aliphatic heterocycles. The zero-order chi connectivity index (χ0) is 15.7. The standard InChI is InChI=1S/C17H22BrN3O/c1-3-14-15(17(22)19-13-7-5-4-6-8-13)21-10-12(18)9-11(2)16(21)20-14/h9-10,13H,3-8H2,1-2H3,(H,19,22). The van der Waals surface area contributed by atoms with Crippen LogP contribution in [-0.4, -0.2) is 21.3 Å². The third-order valence-corrected chi connectivity index (χ3v) is 4.87. The fourth-order valence-corrected chi connectivity index (χ4v) is 3.85. The molecule has 5 heteroatoms. The monoisotopic (exact) mass is 363 g/mol. The van der Waals surface area contributed by atoms with Gasteiger partial charge in [0.2, 0.25) is 0 Å². The Labute approximate surface area is 139 Å². The lowest BCUT2D eigenvalue weighted by atomic mass is 9.95. The highest BCUT2D eigenvalue weighted by Gasteiger charge is 2.23. The Morgan fingerprint density at radius 3 is 2.82 bits per heavy atom. The van der Waals surface area contributed by atoms with Crippen molar-refractivity contribution in [2.45, 2.75) is 58.4 Å². The molecule has 22 heavy (non-hydrogen) atoms. The topological polar surface area (TPSA) is 46.4 Å². The second-order valence-corrected chi connectivity index (χ2v) is 7.02. The van der Waals surface area contributed by atoms with Crippen molar-refractivity contribution in [1.82, 2.24) is 14.7 Å². The van der Waals surface area contributed by atoms with Crippen LogP contribution >= 0.6 is 15.9 Å². The smallest absolute Gasteiger partial charge is 0.270 e. The number of hydrogen-bond donors (Lipinski definition) is 1. The second kappa shape index (κ2) is 6.41. The van der Waals surface area contributed by atoms with Gasteiger partial charge in [-0.05, 0) is 53.7 Å². The van der Waals surface area contributed by atoms with Crippen LogP contribution in [0.4, 0.5) is 0 Å². The average molecular weight is 364 g/mol. The number of hydrogen-bond acceptors (Lipinski definition) is 2. The van der Waals surface area contributed by atoms with Crippen LogP contribution in [0.3, 0.4) is 0 Å². The van der Waals surface area contributed by atoms with E-state index in [-0.39, 0.29) is 5.91 Å². The predicted octanol–water partition coefficient (Wildman–Crippen LogP) is 4.03. The molecule has 118 valence electrons. The molecule has 3 rings (SSSR count). The van der Waals surface area contributed by atoms with Crippen LogP contribution in [-0.2, 0) is 6.42 Å². The van der Waals surface area contributed by atoms with Crippen molar-refractivity contribution in [3.63, 3.8) is 0 Å². The molecule has 1 saturated carbocycles. The number of amides is 1. The van der Waals surface area contributed by atoms with Gasteiger partial charge in [-0.15, -0.1) is 0 Å². The summed E-state index contributed by atoms with van der Waals surface area (Å²) in [5, 5.41) is 3.21. The molecule has 1 amide bonds. The van der Waals surface area contributed by atoms with Gasteiger partial charge in [-0.25, -0.2) is 4.98 Å². The maximum absolute atomic E-state index is 12.8. The van der Waals surface area contributed by atoms with Crippen LogP contribution in [0, 0.1) is 6.92 Å². The van der Waals surface area contributed by atoms with Gasteiger partial charge in [0, 0.05) is 16.7 Å². The lowest BCUT2D eigenvalue weighted by molar-refractivity contribution is 0.0920. The minimum absolute atomic E-state index is 0.00810. The summed E-state index contributed by atoms with van der Waals surface area (Å²) < 4.78 is 2.89. The van der Waals surface area contributed by atoms with Crippen molar-refractivity contribution >= 4 is 27.5 Å². The highest BCUT2D eigenvalue weighted by molar-refractivity contribution is 9.10. The normalized spacial score (nSPS) is 16.1. The van der Waals surface area contributed by atoms with Gasteiger partial charge in [-0.2, -0.15) is 0 Å². The second-order valence-electron chi connectivity index (χ2n) is 6.10. The summed E-state index contributed by atoms with van der Waals surface area (Å²) in [7, 11) is 0. The molecule has 2 heterocycles. The molecule has 0 atom stereocenters. The maximum atomic E-state index is 12.8.